The average Bonchev–Trinajstić information content (AvgIpc) is 3.18. The van der Waals surface area contributed by atoms with E-state index in [9.17, 15) is 9.59 Å². The molecule has 1 aromatic heterocycles. The van der Waals surface area contributed by atoms with Crippen LogP contribution in [-0.4, -0.2) is 45.3 Å². The van der Waals surface area contributed by atoms with Gasteiger partial charge in [-0.2, -0.15) is 0 Å². The van der Waals surface area contributed by atoms with Crippen molar-refractivity contribution >= 4 is 11.8 Å². The van der Waals surface area contributed by atoms with E-state index in [-0.39, 0.29) is 24.4 Å². The maximum absolute atomic E-state index is 13.3. The highest BCUT2D eigenvalue weighted by Gasteiger charge is 2.25. The maximum atomic E-state index is 13.3. The quantitative estimate of drug-likeness (QED) is 0.516. The van der Waals surface area contributed by atoms with Crippen molar-refractivity contribution in [2.24, 2.45) is 5.92 Å². The van der Waals surface area contributed by atoms with Crippen molar-refractivity contribution in [3.63, 3.8) is 0 Å². The largest absolute Gasteiger partial charge is 0.345 e. The molecule has 0 unspecified atom stereocenters. The summed E-state index contributed by atoms with van der Waals surface area (Å²) in [6.07, 6.45) is 3.37. The van der Waals surface area contributed by atoms with Gasteiger partial charge in [-0.25, -0.2) is 0 Å². The van der Waals surface area contributed by atoms with Gasteiger partial charge in [-0.1, -0.05) is 52.0 Å². The van der Waals surface area contributed by atoms with Crippen LogP contribution >= 0.6 is 0 Å². The smallest absolute Gasteiger partial charge is 0.242 e. The summed E-state index contributed by atoms with van der Waals surface area (Å²) in [6.45, 7) is 14.4. The molecule has 0 fully saturated rings. The van der Waals surface area contributed by atoms with Crippen LogP contribution in [0.1, 0.15) is 64.3 Å². The third-order valence-corrected chi connectivity index (χ3v) is 5.87. The van der Waals surface area contributed by atoms with E-state index < -0.39 is 0 Å². The van der Waals surface area contributed by atoms with Crippen molar-refractivity contribution in [2.75, 3.05) is 13.1 Å². The SMILES string of the molecule is CCC(=O)N(CC(=O)N(Cc1cccn1Cc1ccccc1C)[C@@H](C)CC)CC(C)C. The van der Waals surface area contributed by atoms with Crippen LogP contribution in [-0.2, 0) is 22.7 Å². The number of aryl methyl sites for hydroxylation is 1. The van der Waals surface area contributed by atoms with Gasteiger partial charge >= 0.3 is 0 Å². The van der Waals surface area contributed by atoms with E-state index in [4.69, 9.17) is 0 Å². The number of benzene rings is 1. The number of aromatic nitrogens is 1. The molecule has 2 rings (SSSR count). The Labute approximate surface area is 188 Å². The van der Waals surface area contributed by atoms with E-state index in [1.165, 1.54) is 11.1 Å². The minimum absolute atomic E-state index is 0.0143. The molecule has 0 aliphatic heterocycles. The van der Waals surface area contributed by atoms with Crippen molar-refractivity contribution in [1.29, 1.82) is 0 Å². The number of hydrogen-bond donors (Lipinski definition) is 0. The molecule has 2 aromatic rings. The van der Waals surface area contributed by atoms with Crippen LogP contribution in [0.5, 0.6) is 0 Å². The zero-order valence-corrected chi connectivity index (χ0v) is 20.1. The van der Waals surface area contributed by atoms with Crippen LogP contribution in [0, 0.1) is 12.8 Å². The van der Waals surface area contributed by atoms with E-state index in [1.807, 2.05) is 17.9 Å². The third kappa shape index (κ3) is 6.98. The highest BCUT2D eigenvalue weighted by Crippen LogP contribution is 2.16. The Kier molecular flexibility index (Phi) is 9.35. The molecule has 5 nitrogen and oxygen atoms in total. The summed E-state index contributed by atoms with van der Waals surface area (Å²) in [7, 11) is 0. The fourth-order valence-electron chi connectivity index (χ4n) is 3.78. The standard InChI is InChI=1S/C26H39N3O2/c1-7-22(6)29(26(31)19-28(16-20(3)4)25(30)8-2)18-24-14-11-15-27(24)17-23-13-10-9-12-21(23)5/h9-15,20,22H,7-8,16-19H2,1-6H3/t22-/m0/s1. The fourth-order valence-corrected chi connectivity index (χ4v) is 3.78. The van der Waals surface area contributed by atoms with Crippen molar-refractivity contribution < 1.29 is 9.59 Å². The second-order valence-corrected chi connectivity index (χ2v) is 8.85. The van der Waals surface area contributed by atoms with Crippen LogP contribution in [0.15, 0.2) is 42.6 Å². The first-order chi connectivity index (χ1) is 14.8. The van der Waals surface area contributed by atoms with Crippen molar-refractivity contribution in [3.05, 3.63) is 59.4 Å². The maximum Gasteiger partial charge on any atom is 0.242 e. The van der Waals surface area contributed by atoms with Crippen molar-refractivity contribution in [2.45, 2.75) is 73.5 Å². The molecular formula is C26H39N3O2. The van der Waals surface area contributed by atoms with Gasteiger partial charge in [0.15, 0.2) is 0 Å². The summed E-state index contributed by atoms with van der Waals surface area (Å²) in [6, 6.07) is 12.6. The monoisotopic (exact) mass is 425 g/mol. The van der Waals surface area contributed by atoms with Gasteiger partial charge in [0, 0.05) is 37.4 Å². The summed E-state index contributed by atoms with van der Waals surface area (Å²) in [4.78, 5) is 29.4. The van der Waals surface area contributed by atoms with Gasteiger partial charge in [-0.15, -0.1) is 0 Å². The molecule has 0 spiro atoms. The average molecular weight is 426 g/mol. The fraction of sp³-hybridized carbons (Fsp3) is 0.538. The van der Waals surface area contributed by atoms with Crippen LogP contribution < -0.4 is 0 Å². The molecule has 0 aliphatic carbocycles. The van der Waals surface area contributed by atoms with E-state index >= 15 is 0 Å². The second-order valence-electron chi connectivity index (χ2n) is 8.85. The summed E-state index contributed by atoms with van der Waals surface area (Å²) in [5.41, 5.74) is 3.64. The number of rotatable bonds is 11. The Bertz CT molecular complexity index is 856. The molecule has 5 heteroatoms. The van der Waals surface area contributed by atoms with Gasteiger partial charge in [0.2, 0.25) is 11.8 Å². The third-order valence-electron chi connectivity index (χ3n) is 5.87. The summed E-state index contributed by atoms with van der Waals surface area (Å²) in [5, 5.41) is 0. The lowest BCUT2D eigenvalue weighted by Crippen LogP contribution is -2.46. The molecule has 2 amide bonds. The van der Waals surface area contributed by atoms with Gasteiger partial charge in [-0.05, 0) is 49.4 Å². The van der Waals surface area contributed by atoms with Crippen molar-refractivity contribution in [1.82, 2.24) is 14.4 Å². The molecule has 0 radical (unpaired) electrons. The number of carbonyl (C=O) groups is 2. The summed E-state index contributed by atoms with van der Waals surface area (Å²) >= 11 is 0. The molecule has 1 atom stereocenters. The predicted molar refractivity (Wildman–Crippen MR) is 127 cm³/mol. The summed E-state index contributed by atoms with van der Waals surface area (Å²) < 4.78 is 2.22. The highest BCUT2D eigenvalue weighted by molar-refractivity contribution is 5.85. The van der Waals surface area contributed by atoms with Gasteiger partial charge in [0.05, 0.1) is 13.1 Å². The predicted octanol–water partition coefficient (Wildman–Crippen LogP) is 4.87. The molecule has 1 aromatic carbocycles. The van der Waals surface area contributed by atoms with Gasteiger partial charge in [0.25, 0.3) is 0 Å². The minimum Gasteiger partial charge on any atom is -0.345 e. The molecule has 31 heavy (non-hydrogen) atoms. The Morgan fingerprint density at radius 2 is 1.71 bits per heavy atom. The number of hydrogen-bond acceptors (Lipinski definition) is 2. The normalized spacial score (nSPS) is 12.1. The molecular weight excluding hydrogens is 386 g/mol. The topological polar surface area (TPSA) is 45.6 Å². The number of nitrogens with zero attached hydrogens (tertiary/aromatic N) is 3. The Balaban J connectivity index is 2.20. The zero-order valence-electron chi connectivity index (χ0n) is 20.1. The first kappa shape index (κ1) is 24.7. The minimum atomic E-state index is 0.0143. The lowest BCUT2D eigenvalue weighted by Gasteiger charge is -2.32. The van der Waals surface area contributed by atoms with Crippen LogP contribution in [0.4, 0.5) is 0 Å². The molecule has 0 saturated carbocycles. The highest BCUT2D eigenvalue weighted by atomic mass is 16.2. The molecule has 0 bridgehead atoms. The van der Waals surface area contributed by atoms with Gasteiger partial charge in [-0.3, -0.25) is 9.59 Å². The van der Waals surface area contributed by atoms with Crippen LogP contribution in [0.25, 0.3) is 0 Å². The second kappa shape index (κ2) is 11.7. The van der Waals surface area contributed by atoms with Crippen LogP contribution in [0.3, 0.4) is 0 Å². The van der Waals surface area contributed by atoms with E-state index in [0.29, 0.717) is 25.4 Å². The molecule has 1 heterocycles. The Hall–Kier alpha value is -2.56. The Morgan fingerprint density at radius 1 is 1.00 bits per heavy atom. The molecule has 170 valence electrons. The van der Waals surface area contributed by atoms with E-state index in [0.717, 1.165) is 18.7 Å². The first-order valence-corrected chi connectivity index (χ1v) is 11.5. The van der Waals surface area contributed by atoms with Gasteiger partial charge < -0.3 is 14.4 Å². The number of carbonyl (C=O) groups excluding carboxylic acids is 2. The lowest BCUT2D eigenvalue weighted by atomic mass is 10.1. The first-order valence-electron chi connectivity index (χ1n) is 11.5. The number of amides is 2. The lowest BCUT2D eigenvalue weighted by molar-refractivity contribution is -0.142. The molecule has 0 saturated heterocycles. The zero-order chi connectivity index (χ0) is 23.0. The molecule has 0 N–H and O–H groups in total. The summed E-state index contributed by atoms with van der Waals surface area (Å²) in [5.74, 6) is 0.376. The molecule has 0 aliphatic rings. The van der Waals surface area contributed by atoms with E-state index in [1.54, 1.807) is 4.90 Å². The van der Waals surface area contributed by atoms with Gasteiger partial charge in [0.1, 0.15) is 0 Å². The van der Waals surface area contributed by atoms with E-state index in [2.05, 4.69) is 75.7 Å². The van der Waals surface area contributed by atoms with Crippen LogP contribution in [0.2, 0.25) is 0 Å². The Morgan fingerprint density at radius 3 is 2.32 bits per heavy atom. The van der Waals surface area contributed by atoms with Crippen molar-refractivity contribution in [3.8, 4) is 0 Å².